The minimum absolute atomic E-state index is 0.159. The largest absolute Gasteiger partial charge is 0.362 e. The molecule has 0 fully saturated rings. The molecule has 0 bridgehead atoms. The number of benzene rings is 2. The van der Waals surface area contributed by atoms with Crippen molar-refractivity contribution in [3.05, 3.63) is 65.7 Å². The topological polar surface area (TPSA) is 24.1 Å². The highest BCUT2D eigenvalue weighted by Gasteiger charge is 2.03. The zero-order chi connectivity index (χ0) is 16.5. The van der Waals surface area contributed by atoms with Gasteiger partial charge < -0.3 is 10.6 Å². The quantitative estimate of drug-likeness (QED) is 0.563. The summed E-state index contributed by atoms with van der Waals surface area (Å²) >= 11 is 6.80. The SMILES string of the molecule is Fc1ccccc1CSCCCNC(=S)Nc1ccccc1F. The van der Waals surface area contributed by atoms with Gasteiger partial charge in [-0.1, -0.05) is 30.3 Å². The van der Waals surface area contributed by atoms with E-state index in [0.717, 1.165) is 17.7 Å². The lowest BCUT2D eigenvalue weighted by atomic mass is 10.2. The van der Waals surface area contributed by atoms with Gasteiger partial charge in [-0.25, -0.2) is 8.78 Å². The molecular weight excluding hydrogens is 334 g/mol. The fourth-order valence-electron chi connectivity index (χ4n) is 1.90. The van der Waals surface area contributed by atoms with Gasteiger partial charge in [-0.2, -0.15) is 11.8 Å². The molecule has 2 N–H and O–H groups in total. The first-order valence-electron chi connectivity index (χ1n) is 7.27. The zero-order valence-electron chi connectivity index (χ0n) is 12.5. The van der Waals surface area contributed by atoms with Gasteiger partial charge in [-0.3, -0.25) is 0 Å². The molecule has 0 saturated carbocycles. The average molecular weight is 352 g/mol. The summed E-state index contributed by atoms with van der Waals surface area (Å²) in [6, 6.07) is 13.2. The van der Waals surface area contributed by atoms with Crippen LogP contribution in [0.4, 0.5) is 14.5 Å². The molecule has 6 heteroatoms. The van der Waals surface area contributed by atoms with Crippen LogP contribution in [-0.2, 0) is 5.75 Å². The molecule has 0 aliphatic rings. The Morgan fingerprint density at radius 2 is 1.70 bits per heavy atom. The third kappa shape index (κ3) is 6.15. The minimum atomic E-state index is -0.336. The normalized spacial score (nSPS) is 10.3. The van der Waals surface area contributed by atoms with Gasteiger partial charge in [0.05, 0.1) is 5.69 Å². The van der Waals surface area contributed by atoms with Crippen LogP contribution in [-0.4, -0.2) is 17.4 Å². The number of halogens is 2. The number of anilines is 1. The highest BCUT2D eigenvalue weighted by molar-refractivity contribution is 7.98. The lowest BCUT2D eigenvalue weighted by Gasteiger charge is -2.11. The van der Waals surface area contributed by atoms with Crippen LogP contribution in [0.25, 0.3) is 0 Å². The second kappa shape index (κ2) is 9.47. The maximum Gasteiger partial charge on any atom is 0.170 e. The van der Waals surface area contributed by atoms with Crippen molar-refractivity contribution in [2.45, 2.75) is 12.2 Å². The minimum Gasteiger partial charge on any atom is -0.362 e. The fourth-order valence-corrected chi connectivity index (χ4v) is 3.06. The van der Waals surface area contributed by atoms with Crippen LogP contribution in [0, 0.1) is 11.6 Å². The number of rotatable bonds is 7. The van der Waals surface area contributed by atoms with E-state index in [1.165, 1.54) is 12.1 Å². The van der Waals surface area contributed by atoms with E-state index < -0.39 is 0 Å². The van der Waals surface area contributed by atoms with Crippen molar-refractivity contribution in [3.8, 4) is 0 Å². The number of nitrogens with one attached hydrogen (secondary N) is 2. The van der Waals surface area contributed by atoms with Crippen molar-refractivity contribution in [1.82, 2.24) is 5.32 Å². The highest BCUT2D eigenvalue weighted by Crippen LogP contribution is 2.16. The Morgan fingerprint density at radius 3 is 2.43 bits per heavy atom. The van der Waals surface area contributed by atoms with E-state index in [4.69, 9.17) is 12.2 Å². The third-order valence-electron chi connectivity index (χ3n) is 3.09. The van der Waals surface area contributed by atoms with Crippen molar-refractivity contribution in [2.75, 3.05) is 17.6 Å². The van der Waals surface area contributed by atoms with E-state index in [1.54, 1.807) is 42.1 Å². The molecule has 23 heavy (non-hydrogen) atoms. The van der Waals surface area contributed by atoms with Crippen molar-refractivity contribution in [3.63, 3.8) is 0 Å². The third-order valence-corrected chi connectivity index (χ3v) is 4.43. The van der Waals surface area contributed by atoms with Gasteiger partial charge in [0.2, 0.25) is 0 Å². The summed E-state index contributed by atoms with van der Waals surface area (Å²) in [6.45, 7) is 0.685. The Bertz CT molecular complexity index is 650. The van der Waals surface area contributed by atoms with Crippen molar-refractivity contribution in [2.24, 2.45) is 0 Å². The molecule has 2 aromatic rings. The monoisotopic (exact) mass is 352 g/mol. The molecule has 0 aromatic heterocycles. The maximum atomic E-state index is 13.4. The molecule has 0 aliphatic carbocycles. The zero-order valence-corrected chi connectivity index (χ0v) is 14.2. The summed E-state index contributed by atoms with van der Waals surface area (Å²) in [7, 11) is 0. The Balaban J connectivity index is 1.59. The number of thiocarbonyl (C=S) groups is 1. The van der Waals surface area contributed by atoms with Gasteiger partial charge in [0.15, 0.2) is 5.11 Å². The average Bonchev–Trinajstić information content (AvgIpc) is 2.54. The first-order valence-corrected chi connectivity index (χ1v) is 8.83. The van der Waals surface area contributed by atoms with E-state index in [2.05, 4.69) is 10.6 Å². The lowest BCUT2D eigenvalue weighted by molar-refractivity contribution is 0.617. The summed E-state index contributed by atoms with van der Waals surface area (Å²) < 4.78 is 26.9. The molecule has 0 unspecified atom stereocenters. The van der Waals surface area contributed by atoms with Crippen LogP contribution in [0.15, 0.2) is 48.5 Å². The van der Waals surface area contributed by atoms with E-state index >= 15 is 0 Å². The molecule has 0 amide bonds. The van der Waals surface area contributed by atoms with E-state index in [0.29, 0.717) is 23.1 Å². The second-order valence-electron chi connectivity index (χ2n) is 4.86. The van der Waals surface area contributed by atoms with Gasteiger partial charge in [0, 0.05) is 12.3 Å². The Hall–Kier alpha value is -1.66. The number of hydrogen-bond acceptors (Lipinski definition) is 2. The highest BCUT2D eigenvalue weighted by atomic mass is 32.2. The van der Waals surface area contributed by atoms with E-state index in [1.807, 2.05) is 6.07 Å². The predicted molar refractivity (Wildman–Crippen MR) is 97.8 cm³/mol. The molecule has 2 aromatic carbocycles. The van der Waals surface area contributed by atoms with Crippen molar-refractivity contribution >= 4 is 34.8 Å². The van der Waals surface area contributed by atoms with Crippen molar-refractivity contribution < 1.29 is 8.78 Å². The molecule has 2 nitrogen and oxygen atoms in total. The van der Waals surface area contributed by atoms with Gasteiger partial charge >= 0.3 is 0 Å². The molecule has 0 atom stereocenters. The molecule has 0 saturated heterocycles. The molecule has 122 valence electrons. The second-order valence-corrected chi connectivity index (χ2v) is 6.37. The van der Waals surface area contributed by atoms with Crippen LogP contribution in [0.3, 0.4) is 0 Å². The van der Waals surface area contributed by atoms with Gasteiger partial charge in [-0.15, -0.1) is 0 Å². The van der Waals surface area contributed by atoms with Crippen LogP contribution >= 0.6 is 24.0 Å². The number of para-hydroxylation sites is 1. The lowest BCUT2D eigenvalue weighted by Crippen LogP contribution is -2.29. The summed E-state index contributed by atoms with van der Waals surface area (Å²) in [5, 5.41) is 6.26. The van der Waals surface area contributed by atoms with E-state index in [-0.39, 0.29) is 11.6 Å². The number of hydrogen-bond donors (Lipinski definition) is 2. The summed E-state index contributed by atoms with van der Waals surface area (Å²) in [5.74, 6) is 1.05. The summed E-state index contributed by atoms with van der Waals surface area (Å²) in [6.07, 6.45) is 0.887. The van der Waals surface area contributed by atoms with Gasteiger partial charge in [-0.05, 0) is 48.2 Å². The Labute approximate surface area is 144 Å². The predicted octanol–water partition coefficient (Wildman–Crippen LogP) is 4.57. The molecule has 0 aliphatic heterocycles. The van der Waals surface area contributed by atoms with E-state index in [9.17, 15) is 8.78 Å². The first kappa shape index (κ1) is 17.7. The van der Waals surface area contributed by atoms with Gasteiger partial charge in [0.25, 0.3) is 0 Å². The smallest absolute Gasteiger partial charge is 0.170 e. The van der Waals surface area contributed by atoms with Gasteiger partial charge in [0.1, 0.15) is 11.6 Å². The number of thioether (sulfide) groups is 1. The molecule has 0 spiro atoms. The van der Waals surface area contributed by atoms with Crippen molar-refractivity contribution in [1.29, 1.82) is 0 Å². The first-order chi connectivity index (χ1) is 11.2. The standard InChI is InChI=1S/C17H18F2N2S2/c18-14-7-2-1-6-13(14)12-23-11-5-10-20-17(22)21-16-9-4-3-8-15(16)19/h1-4,6-9H,5,10-12H2,(H2,20,21,22). The Kier molecular flexibility index (Phi) is 7.29. The Morgan fingerprint density at radius 1 is 1.00 bits per heavy atom. The van der Waals surface area contributed by atoms with Crippen LogP contribution < -0.4 is 10.6 Å². The van der Waals surface area contributed by atoms with Crippen LogP contribution in [0.1, 0.15) is 12.0 Å². The fraction of sp³-hybridized carbons (Fsp3) is 0.235. The maximum absolute atomic E-state index is 13.4. The molecule has 0 radical (unpaired) electrons. The van der Waals surface area contributed by atoms with Crippen LogP contribution in [0.2, 0.25) is 0 Å². The summed E-state index contributed by atoms with van der Waals surface area (Å²) in [4.78, 5) is 0. The molecule has 2 rings (SSSR count). The molecular formula is C17H18F2N2S2. The molecule has 0 heterocycles. The van der Waals surface area contributed by atoms with Crippen LogP contribution in [0.5, 0.6) is 0 Å². The summed E-state index contributed by atoms with van der Waals surface area (Å²) in [5.41, 5.74) is 1.08.